The van der Waals surface area contributed by atoms with Crippen molar-refractivity contribution in [1.82, 2.24) is 14.5 Å². The molecule has 0 bridgehead atoms. The maximum atomic E-state index is 13.2. The zero-order valence-corrected chi connectivity index (χ0v) is 20.1. The molecule has 1 fully saturated rings. The van der Waals surface area contributed by atoms with Crippen LogP contribution in [-0.4, -0.2) is 52.4 Å². The van der Waals surface area contributed by atoms with Crippen LogP contribution >= 0.6 is 0 Å². The Labute approximate surface area is 208 Å². The molecule has 2 aromatic heterocycles. The van der Waals surface area contributed by atoms with Gasteiger partial charge in [-0.3, -0.25) is 4.57 Å². The molecule has 1 unspecified atom stereocenters. The molecule has 0 aliphatic carbocycles. The van der Waals surface area contributed by atoms with E-state index < -0.39 is 5.97 Å². The number of nitrogens with zero attached hydrogens (tertiary/aromatic N) is 3. The molecule has 36 heavy (non-hydrogen) atoms. The summed E-state index contributed by atoms with van der Waals surface area (Å²) in [7, 11) is 0. The molecule has 1 aliphatic rings. The third-order valence-electron chi connectivity index (χ3n) is 6.22. The number of nitrogen functional groups attached to an aromatic ring is 1. The first-order chi connectivity index (χ1) is 17.6. The molecule has 5 rings (SSSR count). The van der Waals surface area contributed by atoms with Gasteiger partial charge in [-0.05, 0) is 55.7 Å². The number of ether oxygens (including phenoxy) is 3. The van der Waals surface area contributed by atoms with Gasteiger partial charge in [0.2, 0.25) is 0 Å². The van der Waals surface area contributed by atoms with E-state index in [0.717, 1.165) is 25.7 Å². The van der Waals surface area contributed by atoms with Crippen molar-refractivity contribution in [2.75, 3.05) is 25.6 Å². The average Bonchev–Trinajstić information content (AvgIpc) is 3.51. The van der Waals surface area contributed by atoms with Gasteiger partial charge in [-0.15, -0.1) is 0 Å². The number of unbranched alkanes of at least 4 members (excludes halogenated alkanes) is 1. The van der Waals surface area contributed by atoms with Gasteiger partial charge in [0.05, 0.1) is 29.3 Å². The Morgan fingerprint density at radius 3 is 2.50 bits per heavy atom. The molecule has 9 heteroatoms. The summed E-state index contributed by atoms with van der Waals surface area (Å²) in [6.07, 6.45) is 3.44. The third-order valence-corrected chi connectivity index (χ3v) is 6.22. The fourth-order valence-corrected chi connectivity index (χ4v) is 4.28. The van der Waals surface area contributed by atoms with E-state index in [4.69, 9.17) is 29.9 Å². The largest absolute Gasteiger partial charge is 0.462 e. The molecule has 9 nitrogen and oxygen atoms in total. The number of hydrogen-bond donors (Lipinski definition) is 1. The number of benzene rings is 2. The van der Waals surface area contributed by atoms with Crippen LogP contribution in [0.4, 0.5) is 5.82 Å². The van der Waals surface area contributed by atoms with Crippen molar-refractivity contribution in [2.45, 2.75) is 38.7 Å². The van der Waals surface area contributed by atoms with Gasteiger partial charge in [-0.2, -0.15) is 0 Å². The zero-order chi connectivity index (χ0) is 25.1. The van der Waals surface area contributed by atoms with Crippen molar-refractivity contribution < 1.29 is 23.8 Å². The topological polar surface area (TPSA) is 119 Å². The summed E-state index contributed by atoms with van der Waals surface area (Å²) in [5, 5.41) is 0. The first-order valence-corrected chi connectivity index (χ1v) is 12.2. The van der Waals surface area contributed by atoms with E-state index in [2.05, 4.69) is 0 Å². The summed E-state index contributed by atoms with van der Waals surface area (Å²) < 4.78 is 18.1. The monoisotopic (exact) mass is 488 g/mol. The van der Waals surface area contributed by atoms with Crippen molar-refractivity contribution in [3.63, 3.8) is 0 Å². The number of nitrogens with two attached hydrogens (primary N) is 1. The maximum Gasteiger partial charge on any atom is 0.344 e. The normalized spacial score (nSPS) is 15.4. The number of para-hydroxylation sites is 2. The average molecular weight is 489 g/mol. The molecular weight excluding hydrogens is 460 g/mol. The molecule has 2 aromatic carbocycles. The Morgan fingerprint density at radius 1 is 1.06 bits per heavy atom. The van der Waals surface area contributed by atoms with Crippen LogP contribution in [0.1, 0.15) is 53.3 Å². The van der Waals surface area contributed by atoms with E-state index in [1.54, 1.807) is 28.8 Å². The molecule has 4 aromatic rings. The quantitative estimate of drug-likeness (QED) is 0.285. The Kier molecular flexibility index (Phi) is 6.81. The minimum Gasteiger partial charge on any atom is -0.462 e. The number of aromatic nitrogens is 3. The second kappa shape index (κ2) is 10.3. The van der Waals surface area contributed by atoms with E-state index in [1.807, 2.05) is 31.2 Å². The number of rotatable bonds is 8. The second-order valence-electron chi connectivity index (χ2n) is 8.75. The summed E-state index contributed by atoms with van der Waals surface area (Å²) in [6, 6.07) is 14.2. The van der Waals surface area contributed by atoms with E-state index in [9.17, 15) is 9.59 Å². The highest BCUT2D eigenvalue weighted by Gasteiger charge is 2.27. The van der Waals surface area contributed by atoms with Crippen molar-refractivity contribution in [1.29, 1.82) is 0 Å². The van der Waals surface area contributed by atoms with Gasteiger partial charge < -0.3 is 19.9 Å². The maximum absolute atomic E-state index is 13.2. The van der Waals surface area contributed by atoms with Gasteiger partial charge >= 0.3 is 11.9 Å². The molecule has 1 aliphatic heterocycles. The fraction of sp³-hybridized carbons (Fsp3) is 0.333. The highest BCUT2D eigenvalue weighted by molar-refractivity contribution is 6.09. The highest BCUT2D eigenvalue weighted by Crippen LogP contribution is 2.32. The van der Waals surface area contributed by atoms with Crippen LogP contribution in [0, 0.1) is 0 Å². The zero-order valence-electron chi connectivity index (χ0n) is 20.1. The van der Waals surface area contributed by atoms with E-state index in [1.165, 1.54) is 0 Å². The molecule has 2 N–H and O–H groups in total. The van der Waals surface area contributed by atoms with E-state index in [0.29, 0.717) is 46.7 Å². The lowest BCUT2D eigenvalue weighted by Gasteiger charge is -2.11. The SMILES string of the molecule is CCCCOC(=O)c1ccc(-n2c(N)c(C(=O)OCC3CCCO3)c3nc4ccccc4nc32)cc1. The van der Waals surface area contributed by atoms with Gasteiger partial charge in [0.15, 0.2) is 5.65 Å². The van der Waals surface area contributed by atoms with Crippen LogP contribution in [0.15, 0.2) is 48.5 Å². The minimum absolute atomic E-state index is 0.111. The summed E-state index contributed by atoms with van der Waals surface area (Å²) in [4.78, 5) is 35.0. The van der Waals surface area contributed by atoms with E-state index in [-0.39, 0.29) is 30.1 Å². The number of esters is 2. The predicted molar refractivity (Wildman–Crippen MR) is 135 cm³/mol. The Balaban J connectivity index is 1.54. The molecule has 186 valence electrons. The lowest BCUT2D eigenvalue weighted by molar-refractivity contribution is 0.0163. The van der Waals surface area contributed by atoms with Crippen LogP contribution in [0.2, 0.25) is 0 Å². The Bertz CT molecular complexity index is 1410. The smallest absolute Gasteiger partial charge is 0.344 e. The summed E-state index contributed by atoms with van der Waals surface area (Å²) in [5.74, 6) is -0.798. The molecule has 1 atom stereocenters. The lowest BCUT2D eigenvalue weighted by Crippen LogP contribution is -2.18. The minimum atomic E-state index is -0.576. The molecular formula is C27H28N4O5. The number of carbonyl (C=O) groups excluding carboxylic acids is 2. The Morgan fingerprint density at radius 2 is 1.81 bits per heavy atom. The molecule has 0 amide bonds. The lowest BCUT2D eigenvalue weighted by atomic mass is 10.2. The van der Waals surface area contributed by atoms with Crippen LogP contribution in [0.25, 0.3) is 27.9 Å². The molecule has 0 saturated carbocycles. The first kappa shape index (κ1) is 23.7. The molecule has 0 spiro atoms. The highest BCUT2D eigenvalue weighted by atomic mass is 16.6. The third kappa shape index (κ3) is 4.61. The molecule has 1 saturated heterocycles. The summed E-state index contributed by atoms with van der Waals surface area (Å²) in [5.41, 5.74) is 9.83. The molecule has 3 heterocycles. The van der Waals surface area contributed by atoms with Gasteiger partial charge in [0.25, 0.3) is 0 Å². The van der Waals surface area contributed by atoms with Crippen LogP contribution < -0.4 is 5.73 Å². The van der Waals surface area contributed by atoms with Crippen molar-refractivity contribution in [2.24, 2.45) is 0 Å². The van der Waals surface area contributed by atoms with Crippen molar-refractivity contribution in [3.05, 3.63) is 59.7 Å². The van der Waals surface area contributed by atoms with Gasteiger partial charge in [0, 0.05) is 12.3 Å². The number of hydrogen-bond acceptors (Lipinski definition) is 8. The van der Waals surface area contributed by atoms with Crippen molar-refractivity contribution >= 4 is 40.0 Å². The van der Waals surface area contributed by atoms with Crippen LogP contribution in [-0.2, 0) is 14.2 Å². The fourth-order valence-electron chi connectivity index (χ4n) is 4.28. The number of carbonyl (C=O) groups is 2. The van der Waals surface area contributed by atoms with Crippen LogP contribution in [0.5, 0.6) is 0 Å². The summed E-state index contributed by atoms with van der Waals surface area (Å²) in [6.45, 7) is 3.24. The summed E-state index contributed by atoms with van der Waals surface area (Å²) >= 11 is 0. The van der Waals surface area contributed by atoms with Gasteiger partial charge in [-0.25, -0.2) is 19.6 Å². The molecule has 0 radical (unpaired) electrons. The second-order valence-corrected chi connectivity index (χ2v) is 8.75. The van der Waals surface area contributed by atoms with Crippen molar-refractivity contribution in [3.8, 4) is 5.69 Å². The first-order valence-electron chi connectivity index (χ1n) is 12.2. The van der Waals surface area contributed by atoms with Gasteiger partial charge in [0.1, 0.15) is 23.5 Å². The predicted octanol–water partition coefficient (Wildman–Crippen LogP) is 4.45. The number of anilines is 1. The number of fused-ring (bicyclic) bond motifs is 2. The Hall–Kier alpha value is -3.98. The van der Waals surface area contributed by atoms with Gasteiger partial charge in [-0.1, -0.05) is 25.5 Å². The van der Waals surface area contributed by atoms with E-state index >= 15 is 0 Å². The standard InChI is InChI=1S/C27H28N4O5/c1-2-3-14-35-26(32)17-10-12-18(13-11-17)31-24(28)22(27(33)36-16-19-7-6-15-34-19)23-25(31)30-21-9-5-4-8-20(21)29-23/h4-5,8-13,19H,2-3,6-7,14-16,28H2,1H3. The van der Waals surface area contributed by atoms with Crippen LogP contribution in [0.3, 0.4) is 0 Å².